The summed E-state index contributed by atoms with van der Waals surface area (Å²) in [7, 11) is 0. The number of nitrogens with zero attached hydrogens (tertiary/aromatic N) is 1. The Morgan fingerprint density at radius 1 is 1.24 bits per heavy atom. The van der Waals surface area contributed by atoms with Gasteiger partial charge in [-0.2, -0.15) is 0 Å². The number of quaternary nitrogens is 1. The summed E-state index contributed by atoms with van der Waals surface area (Å²) in [5, 5.41) is 2.99. The molecule has 0 atom stereocenters. The average molecular weight is 290 g/mol. The predicted molar refractivity (Wildman–Crippen MR) is 82.4 cm³/mol. The molecule has 114 valence electrons. The fourth-order valence-electron chi connectivity index (χ4n) is 2.61. The molecule has 1 heterocycles. The minimum Gasteiger partial charge on any atom is -0.332 e. The number of carbonyl (C=O) groups is 2. The molecule has 0 spiro atoms. The minimum atomic E-state index is 0.0370. The topological polar surface area (TPSA) is 53.9 Å². The van der Waals surface area contributed by atoms with Crippen LogP contribution in [0.15, 0.2) is 18.2 Å². The van der Waals surface area contributed by atoms with Gasteiger partial charge in [-0.1, -0.05) is 12.1 Å². The Bertz CT molecular complexity index is 534. The number of aryl methyl sites for hydroxylation is 2. The maximum absolute atomic E-state index is 12.1. The summed E-state index contributed by atoms with van der Waals surface area (Å²) in [4.78, 5) is 26.5. The molecular formula is C16H24N3O2+. The van der Waals surface area contributed by atoms with Crippen molar-refractivity contribution in [2.45, 2.75) is 20.8 Å². The first-order chi connectivity index (χ1) is 9.95. The number of nitrogens with one attached hydrogen (secondary N) is 2. The third-order valence-electron chi connectivity index (χ3n) is 3.99. The lowest BCUT2D eigenvalue weighted by Crippen LogP contribution is -3.15. The van der Waals surface area contributed by atoms with Gasteiger partial charge in [0.2, 0.25) is 5.91 Å². The molecule has 2 N–H and O–H groups in total. The van der Waals surface area contributed by atoms with E-state index in [4.69, 9.17) is 0 Å². The van der Waals surface area contributed by atoms with E-state index in [1.807, 2.05) is 36.9 Å². The zero-order valence-corrected chi connectivity index (χ0v) is 13.0. The molecule has 1 aliphatic rings. The Hall–Kier alpha value is -1.88. The molecule has 0 aromatic heterocycles. The number of rotatable bonds is 3. The zero-order valence-electron chi connectivity index (χ0n) is 13.0. The lowest BCUT2D eigenvalue weighted by Gasteiger charge is -2.31. The fourth-order valence-corrected chi connectivity index (χ4v) is 2.61. The molecule has 2 rings (SSSR count). The molecule has 1 aromatic rings. The third-order valence-corrected chi connectivity index (χ3v) is 3.99. The highest BCUT2D eigenvalue weighted by Crippen LogP contribution is 2.15. The molecule has 0 saturated carbocycles. The molecule has 2 amide bonds. The van der Waals surface area contributed by atoms with Crippen molar-refractivity contribution in [3.05, 3.63) is 29.3 Å². The second kappa shape index (κ2) is 6.72. The number of hydrogen-bond acceptors (Lipinski definition) is 2. The van der Waals surface area contributed by atoms with E-state index in [0.29, 0.717) is 6.54 Å². The fraction of sp³-hybridized carbons (Fsp3) is 0.500. The molecule has 1 aliphatic heterocycles. The molecule has 5 nitrogen and oxygen atoms in total. The van der Waals surface area contributed by atoms with Crippen molar-refractivity contribution in [1.29, 1.82) is 0 Å². The first kappa shape index (κ1) is 15.5. The van der Waals surface area contributed by atoms with Crippen molar-refractivity contribution < 1.29 is 14.5 Å². The van der Waals surface area contributed by atoms with E-state index in [1.165, 1.54) is 4.90 Å². The lowest BCUT2D eigenvalue weighted by atomic mass is 10.1. The van der Waals surface area contributed by atoms with E-state index in [2.05, 4.69) is 5.32 Å². The van der Waals surface area contributed by atoms with Crippen molar-refractivity contribution in [2.75, 3.05) is 38.0 Å². The van der Waals surface area contributed by atoms with E-state index >= 15 is 0 Å². The summed E-state index contributed by atoms with van der Waals surface area (Å²) in [6.45, 7) is 9.20. The van der Waals surface area contributed by atoms with Crippen molar-refractivity contribution in [3.8, 4) is 0 Å². The second-order valence-electron chi connectivity index (χ2n) is 5.80. The molecule has 0 bridgehead atoms. The van der Waals surface area contributed by atoms with E-state index in [0.717, 1.165) is 43.0 Å². The van der Waals surface area contributed by atoms with Crippen LogP contribution in [-0.2, 0) is 9.59 Å². The van der Waals surface area contributed by atoms with Crippen molar-refractivity contribution in [1.82, 2.24) is 4.90 Å². The van der Waals surface area contributed by atoms with E-state index in [1.54, 1.807) is 6.92 Å². The predicted octanol–water partition coefficient (Wildman–Crippen LogP) is -0.0111. The van der Waals surface area contributed by atoms with Crippen LogP contribution in [-0.4, -0.2) is 49.4 Å². The quantitative estimate of drug-likeness (QED) is 0.823. The zero-order chi connectivity index (χ0) is 15.4. The first-order valence-electron chi connectivity index (χ1n) is 7.42. The molecule has 5 heteroatoms. The minimum absolute atomic E-state index is 0.0370. The van der Waals surface area contributed by atoms with Gasteiger partial charge in [-0.05, 0) is 31.0 Å². The van der Waals surface area contributed by atoms with Gasteiger partial charge in [0.15, 0.2) is 6.54 Å². The second-order valence-corrected chi connectivity index (χ2v) is 5.80. The van der Waals surface area contributed by atoms with Crippen LogP contribution in [0.3, 0.4) is 0 Å². The number of anilines is 1. The van der Waals surface area contributed by atoms with Gasteiger partial charge in [0.1, 0.15) is 0 Å². The Kier molecular flexibility index (Phi) is 4.96. The highest BCUT2D eigenvalue weighted by molar-refractivity contribution is 5.92. The Labute approximate surface area is 125 Å². The maximum Gasteiger partial charge on any atom is 0.279 e. The average Bonchev–Trinajstić information content (AvgIpc) is 2.43. The van der Waals surface area contributed by atoms with Crippen LogP contribution in [0, 0.1) is 13.8 Å². The van der Waals surface area contributed by atoms with Crippen LogP contribution < -0.4 is 10.2 Å². The Morgan fingerprint density at radius 2 is 1.90 bits per heavy atom. The van der Waals surface area contributed by atoms with Gasteiger partial charge in [-0.3, -0.25) is 9.59 Å². The third kappa shape index (κ3) is 4.29. The van der Waals surface area contributed by atoms with E-state index in [-0.39, 0.29) is 11.8 Å². The molecule has 21 heavy (non-hydrogen) atoms. The molecule has 1 aromatic carbocycles. The van der Waals surface area contributed by atoms with Crippen molar-refractivity contribution in [3.63, 3.8) is 0 Å². The van der Waals surface area contributed by atoms with Gasteiger partial charge in [0.25, 0.3) is 5.91 Å². The number of benzene rings is 1. The van der Waals surface area contributed by atoms with Crippen molar-refractivity contribution in [2.24, 2.45) is 0 Å². The highest BCUT2D eigenvalue weighted by atomic mass is 16.2. The van der Waals surface area contributed by atoms with Crippen LogP contribution in [0.5, 0.6) is 0 Å². The van der Waals surface area contributed by atoms with Gasteiger partial charge >= 0.3 is 0 Å². The van der Waals surface area contributed by atoms with E-state index < -0.39 is 0 Å². The van der Waals surface area contributed by atoms with Crippen LogP contribution in [0.25, 0.3) is 0 Å². The Balaban J connectivity index is 1.85. The van der Waals surface area contributed by atoms with Gasteiger partial charge in [-0.15, -0.1) is 0 Å². The summed E-state index contributed by atoms with van der Waals surface area (Å²) < 4.78 is 0. The van der Waals surface area contributed by atoms with Crippen LogP contribution in [0.4, 0.5) is 5.69 Å². The first-order valence-corrected chi connectivity index (χ1v) is 7.42. The molecule has 1 fully saturated rings. The highest BCUT2D eigenvalue weighted by Gasteiger charge is 2.23. The summed E-state index contributed by atoms with van der Waals surface area (Å²) in [5.74, 6) is 0.156. The summed E-state index contributed by atoms with van der Waals surface area (Å²) >= 11 is 0. The largest absolute Gasteiger partial charge is 0.332 e. The number of hydrogen-bond donors (Lipinski definition) is 2. The SMILES string of the molecule is CC(=O)N1CC[NH+](CC(=O)Nc2cc(C)ccc2C)CC1. The summed E-state index contributed by atoms with van der Waals surface area (Å²) in [6.07, 6.45) is 0. The van der Waals surface area contributed by atoms with Gasteiger partial charge in [0.05, 0.1) is 26.2 Å². The van der Waals surface area contributed by atoms with Gasteiger partial charge < -0.3 is 15.1 Å². The number of piperazine rings is 1. The van der Waals surface area contributed by atoms with Crippen molar-refractivity contribution >= 4 is 17.5 Å². The standard InChI is InChI=1S/C16H23N3O2/c1-12-4-5-13(2)15(10-12)17-16(21)11-18-6-8-19(9-7-18)14(3)20/h4-5,10H,6-9,11H2,1-3H3,(H,17,21)/p+1. The molecule has 0 radical (unpaired) electrons. The van der Waals surface area contributed by atoms with Gasteiger partial charge in [-0.25, -0.2) is 0 Å². The normalized spacial score (nSPS) is 15.9. The Morgan fingerprint density at radius 3 is 2.52 bits per heavy atom. The molecule has 0 aliphatic carbocycles. The van der Waals surface area contributed by atoms with Crippen LogP contribution >= 0.6 is 0 Å². The van der Waals surface area contributed by atoms with Crippen LogP contribution in [0.2, 0.25) is 0 Å². The maximum atomic E-state index is 12.1. The monoisotopic (exact) mass is 290 g/mol. The number of carbonyl (C=O) groups excluding carboxylic acids is 2. The molecule has 0 unspecified atom stereocenters. The number of amides is 2. The summed E-state index contributed by atoms with van der Waals surface area (Å²) in [5.41, 5.74) is 3.10. The van der Waals surface area contributed by atoms with Gasteiger partial charge in [0, 0.05) is 12.6 Å². The smallest absolute Gasteiger partial charge is 0.279 e. The summed E-state index contributed by atoms with van der Waals surface area (Å²) in [6, 6.07) is 6.05. The van der Waals surface area contributed by atoms with Crippen LogP contribution in [0.1, 0.15) is 18.1 Å². The van der Waals surface area contributed by atoms with E-state index in [9.17, 15) is 9.59 Å². The lowest BCUT2D eigenvalue weighted by molar-refractivity contribution is -0.895. The molecule has 1 saturated heterocycles. The molecular weight excluding hydrogens is 266 g/mol.